The van der Waals surface area contributed by atoms with Gasteiger partial charge in [-0.25, -0.2) is 0 Å². The Morgan fingerprint density at radius 2 is 0.512 bits per heavy atom. The normalized spacial score (nSPS) is 12.7. The van der Waals surface area contributed by atoms with Crippen LogP contribution in [0.2, 0.25) is 0 Å². The highest BCUT2D eigenvalue weighted by Gasteiger charge is 2.19. The average Bonchev–Trinajstić information content (AvgIpc) is 3.46. The van der Waals surface area contributed by atoms with Crippen molar-refractivity contribution in [3.8, 4) is 0 Å². The van der Waals surface area contributed by atoms with E-state index in [9.17, 15) is 14.4 Å². The van der Waals surface area contributed by atoms with Gasteiger partial charge in [0.2, 0.25) is 0 Å². The van der Waals surface area contributed by atoms with E-state index < -0.39 is 6.10 Å². The fraction of sp³-hybridized carbons (Fsp3) is 0.743. The predicted octanol–water partition coefficient (Wildman–Crippen LogP) is 23.6. The molecule has 0 aromatic rings. The van der Waals surface area contributed by atoms with Crippen molar-refractivity contribution in [3.05, 3.63) is 97.2 Å². The summed E-state index contributed by atoms with van der Waals surface area (Å²) < 4.78 is 16.9. The summed E-state index contributed by atoms with van der Waals surface area (Å²) >= 11 is 0. The molecule has 0 bridgehead atoms. The van der Waals surface area contributed by atoms with Crippen LogP contribution >= 0.6 is 0 Å². The number of allylic oxidation sites excluding steroid dienone is 16. The van der Waals surface area contributed by atoms with Crippen LogP contribution in [0.5, 0.6) is 0 Å². The highest BCUT2D eigenvalue weighted by Crippen LogP contribution is 2.17. The van der Waals surface area contributed by atoms with Crippen molar-refractivity contribution in [1.82, 2.24) is 0 Å². The smallest absolute Gasteiger partial charge is 0.306 e. The molecule has 0 radical (unpaired) electrons. The molecular formula is C74H128O6. The van der Waals surface area contributed by atoms with E-state index in [-0.39, 0.29) is 31.1 Å². The summed E-state index contributed by atoms with van der Waals surface area (Å²) in [5.74, 6) is -0.915. The largest absolute Gasteiger partial charge is 0.462 e. The molecule has 6 heteroatoms. The van der Waals surface area contributed by atoms with Crippen LogP contribution in [0.1, 0.15) is 335 Å². The molecule has 0 saturated heterocycles. The maximum atomic E-state index is 12.9. The fourth-order valence-corrected chi connectivity index (χ4v) is 9.68. The fourth-order valence-electron chi connectivity index (χ4n) is 9.68. The Bertz CT molecular complexity index is 1560. The van der Waals surface area contributed by atoms with E-state index in [1.807, 2.05) is 0 Å². The monoisotopic (exact) mass is 1110 g/mol. The standard InChI is InChI=1S/C74H128O6/c1-4-7-10-13-16-19-22-24-26-28-30-32-34-35-36-37-38-39-41-42-44-46-48-50-52-55-58-61-64-67-73(76)79-70-71(69-78-72(75)66-63-60-57-54-21-18-15-12-9-6-3)80-74(77)68-65-62-59-56-53-51-49-47-45-43-40-33-31-29-27-25-23-20-17-14-11-8-5-2/h8,11-12,15,17,20,25,27-28,30-31,33,43,45,49,51,71H,4-7,9-10,13-14,16,18-19,21-24,26,29,32,34-42,44,46-48,50,52-70H2,1-3H3/b11-8-,15-12-,20-17-,27-25-,30-28-,33-31-,45-43-,51-49-. The second kappa shape index (κ2) is 67.8. The third kappa shape index (κ3) is 65.1. The van der Waals surface area contributed by atoms with Crippen molar-refractivity contribution in [2.24, 2.45) is 0 Å². The Labute approximate surface area is 496 Å². The zero-order chi connectivity index (χ0) is 57.8. The van der Waals surface area contributed by atoms with Crippen LogP contribution in [0, 0.1) is 0 Å². The molecule has 0 amide bonds. The number of hydrogen-bond acceptors (Lipinski definition) is 6. The second-order valence-corrected chi connectivity index (χ2v) is 22.7. The first-order chi connectivity index (χ1) is 39.5. The van der Waals surface area contributed by atoms with Gasteiger partial charge in [0.1, 0.15) is 13.2 Å². The molecular weight excluding hydrogens is 985 g/mol. The Morgan fingerprint density at radius 1 is 0.263 bits per heavy atom. The second-order valence-electron chi connectivity index (χ2n) is 22.7. The van der Waals surface area contributed by atoms with Crippen molar-refractivity contribution in [2.75, 3.05) is 13.2 Å². The van der Waals surface area contributed by atoms with E-state index in [0.717, 1.165) is 128 Å². The first-order valence-electron chi connectivity index (χ1n) is 34.2. The molecule has 0 spiro atoms. The van der Waals surface area contributed by atoms with E-state index >= 15 is 0 Å². The van der Waals surface area contributed by atoms with Gasteiger partial charge in [-0.1, -0.05) is 298 Å². The molecule has 0 aliphatic rings. The minimum absolute atomic E-state index is 0.0890. The van der Waals surface area contributed by atoms with Gasteiger partial charge in [0.25, 0.3) is 0 Å². The molecule has 0 aliphatic carbocycles. The summed E-state index contributed by atoms with van der Waals surface area (Å²) in [6.07, 6.45) is 91.6. The van der Waals surface area contributed by atoms with Crippen LogP contribution in [0.15, 0.2) is 97.2 Å². The SMILES string of the molecule is CC/C=C\C/C=C\C/C=C\C/C=C\C/C=C\C/C=C\CCCCCCC(=O)OC(COC(=O)CCCCCCC/C=C\CCC)COC(=O)CCCCCCCCCCCCCCCCCCC/C=C\CCCCCCCCCC. The molecule has 1 unspecified atom stereocenters. The van der Waals surface area contributed by atoms with E-state index in [1.54, 1.807) is 0 Å². The highest BCUT2D eigenvalue weighted by atomic mass is 16.6. The summed E-state index contributed by atoms with van der Waals surface area (Å²) in [6, 6.07) is 0. The first kappa shape index (κ1) is 76.3. The van der Waals surface area contributed by atoms with E-state index in [2.05, 4.69) is 118 Å². The molecule has 0 N–H and O–H groups in total. The summed E-state index contributed by atoms with van der Waals surface area (Å²) in [4.78, 5) is 38.3. The third-order valence-corrected chi connectivity index (χ3v) is 14.8. The van der Waals surface area contributed by atoms with Gasteiger partial charge < -0.3 is 14.2 Å². The van der Waals surface area contributed by atoms with Gasteiger partial charge in [0.05, 0.1) is 0 Å². The highest BCUT2D eigenvalue weighted by molar-refractivity contribution is 5.71. The van der Waals surface area contributed by atoms with Crippen LogP contribution in [0.4, 0.5) is 0 Å². The Hall–Kier alpha value is -3.67. The van der Waals surface area contributed by atoms with Gasteiger partial charge in [-0.15, -0.1) is 0 Å². The minimum atomic E-state index is -0.795. The first-order valence-corrected chi connectivity index (χ1v) is 34.2. The molecule has 0 saturated carbocycles. The zero-order valence-corrected chi connectivity index (χ0v) is 52.8. The van der Waals surface area contributed by atoms with Crippen LogP contribution < -0.4 is 0 Å². The lowest BCUT2D eigenvalue weighted by molar-refractivity contribution is -0.167. The van der Waals surface area contributed by atoms with Gasteiger partial charge in [-0.2, -0.15) is 0 Å². The molecule has 1 atom stereocenters. The molecule has 0 aliphatic heterocycles. The lowest BCUT2D eigenvalue weighted by Gasteiger charge is -2.18. The van der Waals surface area contributed by atoms with Crippen LogP contribution in [-0.2, 0) is 28.6 Å². The van der Waals surface area contributed by atoms with E-state index in [0.29, 0.717) is 19.3 Å². The number of hydrogen-bond donors (Lipinski definition) is 0. The summed E-state index contributed by atoms with van der Waals surface area (Å²) in [5.41, 5.74) is 0. The van der Waals surface area contributed by atoms with Gasteiger partial charge in [0.15, 0.2) is 6.10 Å². The third-order valence-electron chi connectivity index (χ3n) is 14.8. The number of esters is 3. The number of unbranched alkanes of at least 4 members (excludes halogenated alkanes) is 35. The van der Waals surface area contributed by atoms with E-state index in [4.69, 9.17) is 14.2 Å². The maximum Gasteiger partial charge on any atom is 0.306 e. The molecule has 6 nitrogen and oxygen atoms in total. The molecule has 80 heavy (non-hydrogen) atoms. The van der Waals surface area contributed by atoms with Gasteiger partial charge >= 0.3 is 17.9 Å². The van der Waals surface area contributed by atoms with Crippen LogP contribution in [0.3, 0.4) is 0 Å². The number of rotatable bonds is 62. The number of carbonyl (C=O) groups is 3. The Kier molecular flexibility index (Phi) is 64.7. The van der Waals surface area contributed by atoms with Gasteiger partial charge in [-0.05, 0) is 116 Å². The maximum absolute atomic E-state index is 12.9. The van der Waals surface area contributed by atoms with Gasteiger partial charge in [-0.3, -0.25) is 14.4 Å². The molecule has 0 aromatic carbocycles. The van der Waals surface area contributed by atoms with Crippen LogP contribution in [-0.4, -0.2) is 37.2 Å². The molecule has 0 fully saturated rings. The van der Waals surface area contributed by atoms with E-state index in [1.165, 1.54) is 167 Å². The predicted molar refractivity (Wildman–Crippen MR) is 348 cm³/mol. The lowest BCUT2D eigenvalue weighted by atomic mass is 10.0. The summed E-state index contributed by atoms with van der Waals surface area (Å²) in [5, 5.41) is 0. The van der Waals surface area contributed by atoms with Crippen molar-refractivity contribution >= 4 is 17.9 Å². The number of carbonyl (C=O) groups excluding carboxylic acids is 3. The van der Waals surface area contributed by atoms with Gasteiger partial charge in [0, 0.05) is 19.3 Å². The van der Waals surface area contributed by atoms with Crippen molar-refractivity contribution < 1.29 is 28.6 Å². The molecule has 460 valence electrons. The van der Waals surface area contributed by atoms with Crippen LogP contribution in [0.25, 0.3) is 0 Å². The lowest BCUT2D eigenvalue weighted by Crippen LogP contribution is -2.30. The van der Waals surface area contributed by atoms with Crippen molar-refractivity contribution in [3.63, 3.8) is 0 Å². The number of ether oxygens (including phenoxy) is 3. The summed E-state index contributed by atoms with van der Waals surface area (Å²) in [6.45, 7) is 6.47. The molecule has 0 rings (SSSR count). The summed E-state index contributed by atoms with van der Waals surface area (Å²) in [7, 11) is 0. The topological polar surface area (TPSA) is 78.9 Å². The molecule has 0 heterocycles. The van der Waals surface area contributed by atoms with Crippen molar-refractivity contribution in [1.29, 1.82) is 0 Å². The Balaban J connectivity index is 4.22. The molecule has 0 aromatic heterocycles. The Morgan fingerprint density at radius 3 is 0.825 bits per heavy atom. The van der Waals surface area contributed by atoms with Crippen molar-refractivity contribution in [2.45, 2.75) is 341 Å². The zero-order valence-electron chi connectivity index (χ0n) is 52.8. The quantitative estimate of drug-likeness (QED) is 0.0261. The average molecular weight is 1110 g/mol. The minimum Gasteiger partial charge on any atom is -0.462 e.